The molecule has 3 heterocycles. The van der Waals surface area contributed by atoms with Gasteiger partial charge in [0, 0.05) is 18.7 Å². The average molecular weight is 367 g/mol. The summed E-state index contributed by atoms with van der Waals surface area (Å²) in [5.41, 5.74) is 2.13. The molecular weight excluding hydrogens is 350 g/mol. The summed E-state index contributed by atoms with van der Waals surface area (Å²) in [6.45, 7) is 1.89. The quantitative estimate of drug-likeness (QED) is 0.720. The number of aromatic nitrogens is 3. The molecule has 26 heavy (non-hydrogen) atoms. The lowest BCUT2D eigenvalue weighted by Crippen LogP contribution is -2.40. The Morgan fingerprint density at radius 1 is 1.23 bits per heavy atom. The number of carbonyl (C=O) groups excluding carboxylic acids is 2. The minimum Gasteiger partial charge on any atom is -0.324 e. The number of amides is 2. The number of anilines is 2. The van der Waals surface area contributed by atoms with Gasteiger partial charge in [0.1, 0.15) is 0 Å². The molecule has 0 spiro atoms. The van der Waals surface area contributed by atoms with E-state index in [0.29, 0.717) is 10.8 Å². The van der Waals surface area contributed by atoms with E-state index in [2.05, 4.69) is 15.5 Å². The maximum Gasteiger partial charge on any atom is 0.237 e. The second-order valence-corrected chi connectivity index (χ2v) is 7.02. The number of nitrogens with zero attached hydrogens (tertiary/aromatic N) is 4. The van der Waals surface area contributed by atoms with Crippen molar-refractivity contribution in [2.75, 3.05) is 16.0 Å². The van der Waals surface area contributed by atoms with Gasteiger partial charge >= 0.3 is 0 Å². The Balaban J connectivity index is 1.58. The number of hydrogen-bond donors (Lipinski definition) is 1. The van der Waals surface area contributed by atoms with E-state index < -0.39 is 0 Å². The first kappa shape index (κ1) is 16.6. The zero-order chi connectivity index (χ0) is 18.1. The van der Waals surface area contributed by atoms with Gasteiger partial charge in [-0.1, -0.05) is 30.0 Å². The highest BCUT2D eigenvalue weighted by molar-refractivity contribution is 7.99. The number of nitrogens with one attached hydrogen (secondary N) is 1. The Kier molecular flexibility index (Phi) is 4.34. The first-order valence-corrected chi connectivity index (χ1v) is 9.25. The van der Waals surface area contributed by atoms with Crippen LogP contribution < -0.4 is 10.2 Å². The van der Waals surface area contributed by atoms with Crippen LogP contribution in [0.5, 0.6) is 0 Å². The summed E-state index contributed by atoms with van der Waals surface area (Å²) < 4.78 is 1.85. The largest absolute Gasteiger partial charge is 0.324 e. The smallest absolute Gasteiger partial charge is 0.237 e. The maximum absolute atomic E-state index is 13.0. The van der Waals surface area contributed by atoms with Gasteiger partial charge in [-0.15, -0.1) is 10.2 Å². The number of fused-ring (bicyclic) bond motifs is 2. The molecule has 0 aliphatic carbocycles. The molecule has 1 aromatic carbocycles. The SMILES string of the molecule is CC1CC(=O)Nc2ccccc2N1C(=O)CSc1nnc2ccccn12. The van der Waals surface area contributed by atoms with E-state index in [1.165, 1.54) is 11.8 Å². The standard InChI is InChI=1S/C18H17N5O2S/c1-12-10-16(24)19-13-6-2-3-7-14(13)23(12)17(25)11-26-18-21-20-15-8-4-5-9-22(15)18/h2-9,12H,10-11H2,1H3,(H,19,24). The Bertz CT molecular complexity index is 986. The van der Waals surface area contributed by atoms with Crippen LogP contribution in [-0.4, -0.2) is 38.2 Å². The predicted octanol–water partition coefficient (Wildman–Crippen LogP) is 2.59. The fourth-order valence-electron chi connectivity index (χ4n) is 3.08. The summed E-state index contributed by atoms with van der Waals surface area (Å²) in [6.07, 6.45) is 2.13. The van der Waals surface area contributed by atoms with Gasteiger partial charge in [0.05, 0.1) is 17.1 Å². The first-order valence-electron chi connectivity index (χ1n) is 8.27. The summed E-state index contributed by atoms with van der Waals surface area (Å²) in [7, 11) is 0. The molecule has 7 nitrogen and oxygen atoms in total. The van der Waals surface area contributed by atoms with Gasteiger partial charge in [0.15, 0.2) is 10.8 Å². The van der Waals surface area contributed by atoms with Crippen molar-refractivity contribution >= 4 is 40.6 Å². The van der Waals surface area contributed by atoms with Gasteiger partial charge in [-0.25, -0.2) is 0 Å². The predicted molar refractivity (Wildman–Crippen MR) is 100 cm³/mol. The first-order chi connectivity index (χ1) is 12.6. The Morgan fingerprint density at radius 3 is 2.92 bits per heavy atom. The zero-order valence-electron chi connectivity index (χ0n) is 14.1. The number of thioether (sulfide) groups is 1. The lowest BCUT2D eigenvalue weighted by Gasteiger charge is -2.27. The fourth-order valence-corrected chi connectivity index (χ4v) is 3.87. The molecule has 0 saturated carbocycles. The molecule has 1 unspecified atom stereocenters. The summed E-state index contributed by atoms with van der Waals surface area (Å²) in [4.78, 5) is 26.7. The van der Waals surface area contributed by atoms with Crippen LogP contribution in [-0.2, 0) is 9.59 Å². The minimum absolute atomic E-state index is 0.0702. The maximum atomic E-state index is 13.0. The number of carbonyl (C=O) groups is 2. The molecule has 0 bridgehead atoms. The van der Waals surface area contributed by atoms with Crippen molar-refractivity contribution in [3.8, 4) is 0 Å². The van der Waals surface area contributed by atoms with Crippen molar-refractivity contribution in [1.82, 2.24) is 14.6 Å². The summed E-state index contributed by atoms with van der Waals surface area (Å²) in [5, 5.41) is 11.8. The second kappa shape index (κ2) is 6.80. The number of benzene rings is 1. The Hall–Kier alpha value is -2.87. The van der Waals surface area contributed by atoms with Crippen LogP contribution in [0.1, 0.15) is 13.3 Å². The van der Waals surface area contributed by atoms with Gasteiger partial charge < -0.3 is 10.2 Å². The summed E-state index contributed by atoms with van der Waals surface area (Å²) >= 11 is 1.34. The number of pyridine rings is 1. The third-order valence-electron chi connectivity index (χ3n) is 4.24. The molecule has 3 aromatic rings. The van der Waals surface area contributed by atoms with Crippen molar-refractivity contribution < 1.29 is 9.59 Å². The molecule has 1 atom stereocenters. The van der Waals surface area contributed by atoms with Crippen LogP contribution in [0.15, 0.2) is 53.8 Å². The Labute approximate surface area is 154 Å². The van der Waals surface area contributed by atoms with Crippen LogP contribution >= 0.6 is 11.8 Å². The highest BCUT2D eigenvalue weighted by Gasteiger charge is 2.29. The molecule has 1 aliphatic rings. The van der Waals surface area contributed by atoms with Crippen molar-refractivity contribution in [2.45, 2.75) is 24.5 Å². The lowest BCUT2D eigenvalue weighted by atomic mass is 10.2. The summed E-state index contributed by atoms with van der Waals surface area (Å²) in [6, 6.07) is 12.8. The van der Waals surface area contributed by atoms with E-state index in [1.54, 1.807) is 4.90 Å². The van der Waals surface area contributed by atoms with E-state index in [4.69, 9.17) is 0 Å². The normalized spacial score (nSPS) is 16.9. The van der Waals surface area contributed by atoms with E-state index in [1.807, 2.05) is 60.0 Å². The molecule has 1 aliphatic heterocycles. The van der Waals surface area contributed by atoms with Gasteiger partial charge in [-0.05, 0) is 31.2 Å². The molecule has 2 amide bonds. The molecule has 0 fully saturated rings. The minimum atomic E-state index is -0.220. The topological polar surface area (TPSA) is 79.6 Å². The van der Waals surface area contributed by atoms with Crippen LogP contribution in [0.2, 0.25) is 0 Å². The van der Waals surface area contributed by atoms with Gasteiger partial charge in [0.2, 0.25) is 11.8 Å². The third-order valence-corrected chi connectivity index (χ3v) is 5.16. The van der Waals surface area contributed by atoms with E-state index in [0.717, 1.165) is 11.3 Å². The van der Waals surface area contributed by atoms with Crippen molar-refractivity contribution in [2.24, 2.45) is 0 Å². The molecule has 1 N–H and O–H groups in total. The fraction of sp³-hybridized carbons (Fsp3) is 0.222. The van der Waals surface area contributed by atoms with Gasteiger partial charge in [-0.2, -0.15) is 0 Å². The zero-order valence-corrected chi connectivity index (χ0v) is 14.9. The average Bonchev–Trinajstić information content (AvgIpc) is 2.99. The number of hydrogen-bond acceptors (Lipinski definition) is 5. The van der Waals surface area contributed by atoms with E-state index in [-0.39, 0.29) is 30.0 Å². The number of para-hydroxylation sites is 2. The van der Waals surface area contributed by atoms with Crippen LogP contribution in [0.3, 0.4) is 0 Å². The van der Waals surface area contributed by atoms with Crippen molar-refractivity contribution in [3.63, 3.8) is 0 Å². The van der Waals surface area contributed by atoms with Gasteiger partial charge in [0.25, 0.3) is 0 Å². The summed E-state index contributed by atoms with van der Waals surface area (Å²) in [5.74, 6) is 0.0539. The molecule has 0 radical (unpaired) electrons. The molecule has 132 valence electrons. The van der Waals surface area contributed by atoms with Crippen molar-refractivity contribution in [3.05, 3.63) is 48.7 Å². The highest BCUT2D eigenvalue weighted by Crippen LogP contribution is 2.32. The molecular formula is C18H17N5O2S. The monoisotopic (exact) mass is 367 g/mol. The van der Waals surface area contributed by atoms with Crippen molar-refractivity contribution in [1.29, 1.82) is 0 Å². The molecule has 8 heteroatoms. The Morgan fingerprint density at radius 2 is 2.04 bits per heavy atom. The molecule has 4 rings (SSSR count). The van der Waals surface area contributed by atoms with Crippen LogP contribution in [0, 0.1) is 0 Å². The van der Waals surface area contributed by atoms with E-state index in [9.17, 15) is 9.59 Å². The van der Waals surface area contributed by atoms with Crippen LogP contribution in [0.4, 0.5) is 11.4 Å². The van der Waals surface area contributed by atoms with Gasteiger partial charge in [-0.3, -0.25) is 14.0 Å². The molecule has 0 saturated heterocycles. The van der Waals surface area contributed by atoms with Crippen LogP contribution in [0.25, 0.3) is 5.65 Å². The third kappa shape index (κ3) is 3.03. The molecule has 2 aromatic heterocycles. The van der Waals surface area contributed by atoms with E-state index >= 15 is 0 Å². The second-order valence-electron chi connectivity index (χ2n) is 6.08. The highest BCUT2D eigenvalue weighted by atomic mass is 32.2. The number of rotatable bonds is 3. The lowest BCUT2D eigenvalue weighted by molar-refractivity contribution is -0.117.